The smallest absolute Gasteiger partial charge is 0.178 e. The van der Waals surface area contributed by atoms with Gasteiger partial charge in [-0.2, -0.15) is 0 Å². The van der Waals surface area contributed by atoms with Gasteiger partial charge < -0.3 is 28.4 Å². The van der Waals surface area contributed by atoms with E-state index in [1.165, 1.54) is 0 Å². The number of sulfone groups is 2. The Labute approximate surface area is 238 Å². The van der Waals surface area contributed by atoms with Crippen LogP contribution in [0.5, 0.6) is 11.5 Å². The van der Waals surface area contributed by atoms with Crippen LogP contribution in [0.2, 0.25) is 0 Å². The quantitative estimate of drug-likeness (QED) is 0.174. The van der Waals surface area contributed by atoms with Crippen molar-refractivity contribution in [2.45, 2.75) is 36.5 Å². The van der Waals surface area contributed by atoms with Gasteiger partial charge in [0.15, 0.2) is 19.7 Å². The van der Waals surface area contributed by atoms with E-state index in [2.05, 4.69) is 0 Å². The van der Waals surface area contributed by atoms with Crippen molar-refractivity contribution in [3.8, 4) is 11.5 Å². The van der Waals surface area contributed by atoms with Gasteiger partial charge in [0.05, 0.1) is 74.2 Å². The summed E-state index contributed by atoms with van der Waals surface area (Å²) in [6, 6.07) is 12.8. The molecule has 0 fully saturated rings. The van der Waals surface area contributed by atoms with Gasteiger partial charge in [0.1, 0.15) is 24.7 Å². The minimum atomic E-state index is -3.22. The fraction of sp³-hybridized carbons (Fsp3) is 0.571. The summed E-state index contributed by atoms with van der Waals surface area (Å²) in [5.74, 6) is 1.46. The van der Waals surface area contributed by atoms with Gasteiger partial charge in [0.25, 0.3) is 0 Å². The topological polar surface area (TPSA) is 124 Å². The van der Waals surface area contributed by atoms with E-state index in [1.807, 2.05) is 13.8 Å². The predicted octanol–water partition coefficient (Wildman–Crippen LogP) is 3.58. The van der Waals surface area contributed by atoms with Gasteiger partial charge >= 0.3 is 0 Å². The van der Waals surface area contributed by atoms with E-state index in [-0.39, 0.29) is 11.5 Å². The zero-order valence-electron chi connectivity index (χ0n) is 23.4. The van der Waals surface area contributed by atoms with Crippen molar-refractivity contribution in [3.05, 3.63) is 48.5 Å². The molecule has 0 unspecified atom stereocenters. The van der Waals surface area contributed by atoms with E-state index in [4.69, 9.17) is 28.4 Å². The summed E-state index contributed by atoms with van der Waals surface area (Å²) >= 11 is 0. The summed E-state index contributed by atoms with van der Waals surface area (Å²) in [7, 11) is -6.44. The molecule has 0 atom stereocenters. The molecule has 2 aromatic carbocycles. The maximum absolute atomic E-state index is 12.0. The number of benzene rings is 2. The Balaban J connectivity index is 1.37. The SMILES string of the molecule is CCCS(=O)(=O)c1ccc(OCCOCCOCCOCCOCCOc2ccc(S(=O)(=O)CCC)cc2)cc1. The molecular weight excluding hydrogens is 560 g/mol. The van der Waals surface area contributed by atoms with Crippen LogP contribution in [0.3, 0.4) is 0 Å². The Morgan fingerprint density at radius 1 is 0.450 bits per heavy atom. The Morgan fingerprint density at radius 2 is 0.725 bits per heavy atom. The molecule has 0 aliphatic carbocycles. The molecule has 0 saturated heterocycles. The van der Waals surface area contributed by atoms with Crippen LogP contribution < -0.4 is 9.47 Å². The Morgan fingerprint density at radius 3 is 1.00 bits per heavy atom. The highest BCUT2D eigenvalue weighted by Gasteiger charge is 2.13. The Kier molecular flexibility index (Phi) is 16.1. The molecule has 2 aromatic rings. The maximum atomic E-state index is 12.0. The molecule has 0 bridgehead atoms. The lowest BCUT2D eigenvalue weighted by Crippen LogP contribution is -2.14. The molecule has 0 N–H and O–H groups in total. The first-order valence-electron chi connectivity index (χ1n) is 13.5. The molecule has 0 aromatic heterocycles. The van der Waals surface area contributed by atoms with Gasteiger partial charge in [-0.3, -0.25) is 0 Å². The van der Waals surface area contributed by atoms with Gasteiger partial charge in [-0.15, -0.1) is 0 Å². The van der Waals surface area contributed by atoms with Crippen molar-refractivity contribution in [3.63, 3.8) is 0 Å². The minimum absolute atomic E-state index is 0.135. The van der Waals surface area contributed by atoms with E-state index in [1.54, 1.807) is 48.5 Å². The summed E-state index contributed by atoms with van der Waals surface area (Å²) in [4.78, 5) is 0.611. The highest BCUT2D eigenvalue weighted by Crippen LogP contribution is 2.18. The lowest BCUT2D eigenvalue weighted by atomic mass is 10.3. The van der Waals surface area contributed by atoms with Gasteiger partial charge in [-0.1, -0.05) is 13.8 Å². The fourth-order valence-electron chi connectivity index (χ4n) is 3.46. The van der Waals surface area contributed by atoms with Crippen LogP contribution in [0.4, 0.5) is 0 Å². The molecule has 0 aliphatic heterocycles. The van der Waals surface area contributed by atoms with Crippen molar-refractivity contribution in [2.75, 3.05) is 77.6 Å². The van der Waals surface area contributed by atoms with Gasteiger partial charge in [-0.25, -0.2) is 16.8 Å². The summed E-state index contributed by atoms with van der Waals surface area (Å²) in [6.45, 7) is 7.78. The molecule has 0 heterocycles. The molecule has 0 aliphatic rings. The van der Waals surface area contributed by atoms with Gasteiger partial charge in [0, 0.05) is 0 Å². The fourth-order valence-corrected chi connectivity index (χ4v) is 6.11. The lowest BCUT2D eigenvalue weighted by Gasteiger charge is -2.10. The van der Waals surface area contributed by atoms with Crippen LogP contribution in [-0.2, 0) is 38.6 Å². The van der Waals surface area contributed by atoms with Crippen LogP contribution in [0, 0.1) is 0 Å². The van der Waals surface area contributed by atoms with Crippen molar-refractivity contribution < 1.29 is 45.3 Å². The second-order valence-corrected chi connectivity index (χ2v) is 12.9. The van der Waals surface area contributed by atoms with Crippen LogP contribution >= 0.6 is 0 Å². The summed E-state index contributed by atoms with van der Waals surface area (Å²) < 4.78 is 81.1. The molecule has 0 saturated carbocycles. The standard InChI is InChI=1S/C28H42O10S2/c1-3-23-39(29,30)27-9-5-25(6-10-27)37-21-19-35-17-15-33-13-14-34-16-18-36-20-22-38-26-7-11-28(12-8-26)40(31,32)24-4-2/h5-12H,3-4,13-24H2,1-2H3. The summed E-state index contributed by atoms with van der Waals surface area (Å²) in [6.07, 6.45) is 1.16. The Hall–Kier alpha value is -2.22. The first-order valence-corrected chi connectivity index (χ1v) is 16.8. The molecule has 0 amide bonds. The lowest BCUT2D eigenvalue weighted by molar-refractivity contribution is -0.00699. The van der Waals surface area contributed by atoms with E-state index in [0.717, 1.165) is 0 Å². The number of hydrogen-bond acceptors (Lipinski definition) is 10. The summed E-state index contributed by atoms with van der Waals surface area (Å²) in [5, 5.41) is 0. The molecule has 10 nitrogen and oxygen atoms in total. The van der Waals surface area contributed by atoms with Crippen molar-refractivity contribution >= 4 is 19.7 Å². The third-order valence-electron chi connectivity index (χ3n) is 5.42. The largest absolute Gasteiger partial charge is 0.491 e. The zero-order chi connectivity index (χ0) is 29.1. The van der Waals surface area contributed by atoms with Crippen LogP contribution in [0.25, 0.3) is 0 Å². The predicted molar refractivity (Wildman–Crippen MR) is 152 cm³/mol. The zero-order valence-corrected chi connectivity index (χ0v) is 25.1. The molecule has 40 heavy (non-hydrogen) atoms. The van der Waals surface area contributed by atoms with E-state index < -0.39 is 19.7 Å². The van der Waals surface area contributed by atoms with Crippen molar-refractivity contribution in [1.82, 2.24) is 0 Å². The average Bonchev–Trinajstić information content (AvgIpc) is 2.93. The number of rotatable bonds is 23. The summed E-state index contributed by atoms with van der Waals surface area (Å²) in [5.41, 5.74) is 0. The van der Waals surface area contributed by atoms with Gasteiger partial charge in [0.2, 0.25) is 0 Å². The van der Waals surface area contributed by atoms with Gasteiger partial charge in [-0.05, 0) is 61.4 Å². The third-order valence-corrected chi connectivity index (χ3v) is 9.29. The number of ether oxygens (including phenoxy) is 6. The third kappa shape index (κ3) is 13.4. The average molecular weight is 603 g/mol. The van der Waals surface area contributed by atoms with E-state index >= 15 is 0 Å². The molecule has 12 heteroatoms. The Bertz CT molecular complexity index is 1060. The highest BCUT2D eigenvalue weighted by atomic mass is 32.2. The van der Waals surface area contributed by atoms with Crippen LogP contribution in [0.1, 0.15) is 26.7 Å². The highest BCUT2D eigenvalue weighted by molar-refractivity contribution is 7.91. The minimum Gasteiger partial charge on any atom is -0.491 e. The molecule has 0 radical (unpaired) electrons. The number of hydrogen-bond donors (Lipinski definition) is 0. The molecule has 2 rings (SSSR count). The molecular formula is C28H42O10S2. The van der Waals surface area contributed by atoms with E-state index in [0.29, 0.717) is 100 Å². The molecule has 0 spiro atoms. The second-order valence-electron chi connectivity index (χ2n) is 8.73. The van der Waals surface area contributed by atoms with Crippen molar-refractivity contribution in [2.24, 2.45) is 0 Å². The maximum Gasteiger partial charge on any atom is 0.178 e. The normalized spacial score (nSPS) is 11.9. The van der Waals surface area contributed by atoms with E-state index in [9.17, 15) is 16.8 Å². The first-order chi connectivity index (χ1) is 19.3. The molecule has 226 valence electrons. The van der Waals surface area contributed by atoms with Crippen LogP contribution in [0.15, 0.2) is 58.3 Å². The van der Waals surface area contributed by atoms with Crippen molar-refractivity contribution in [1.29, 1.82) is 0 Å². The monoisotopic (exact) mass is 602 g/mol. The first kappa shape index (κ1) is 34.0. The van der Waals surface area contributed by atoms with Crippen LogP contribution in [-0.4, -0.2) is 94.4 Å². The second kappa shape index (κ2) is 19.0.